The summed E-state index contributed by atoms with van der Waals surface area (Å²) in [4.78, 5) is 47.3. The molecule has 0 spiro atoms. The third-order valence-electron chi connectivity index (χ3n) is 4.28. The molecule has 0 aliphatic heterocycles. The highest BCUT2D eigenvalue weighted by molar-refractivity contribution is 6.06. The van der Waals surface area contributed by atoms with Gasteiger partial charge in [0.15, 0.2) is 11.5 Å². The molecule has 0 fully saturated rings. The highest BCUT2D eigenvalue weighted by Crippen LogP contribution is 2.35. The Kier molecular flexibility index (Phi) is 7.88. The number of carboxylic acid groups (broad SMARTS) is 1. The van der Waals surface area contributed by atoms with Gasteiger partial charge in [0.25, 0.3) is 17.5 Å². The topological polar surface area (TPSA) is 157 Å². The quantitative estimate of drug-likeness (QED) is 0.302. The third kappa shape index (κ3) is 5.81. The first-order valence-corrected chi connectivity index (χ1v) is 9.20. The Morgan fingerprint density at radius 1 is 1.09 bits per heavy atom. The van der Waals surface area contributed by atoms with Gasteiger partial charge in [-0.05, 0) is 31.2 Å². The SMILES string of the molecule is COc1cc(C=C(NC(=O)c2ccccc2)C(=O)NC(C)C(=O)O)c([N+](=O)[O-])cc1OC. The summed E-state index contributed by atoms with van der Waals surface area (Å²) in [5.74, 6) is -2.68. The molecule has 2 aromatic rings. The molecule has 3 N–H and O–H groups in total. The Hall–Kier alpha value is -4.41. The molecule has 0 saturated heterocycles. The van der Waals surface area contributed by atoms with Crippen molar-refractivity contribution in [1.82, 2.24) is 10.6 Å². The van der Waals surface area contributed by atoms with E-state index in [1.165, 1.54) is 39.3 Å². The zero-order chi connectivity index (χ0) is 23.8. The Labute approximate surface area is 182 Å². The molecule has 11 nitrogen and oxygen atoms in total. The highest BCUT2D eigenvalue weighted by Gasteiger charge is 2.23. The zero-order valence-electron chi connectivity index (χ0n) is 17.4. The number of hydrogen-bond acceptors (Lipinski definition) is 7. The minimum atomic E-state index is -1.30. The molecule has 0 aromatic heterocycles. The lowest BCUT2D eigenvalue weighted by Crippen LogP contribution is -2.42. The minimum Gasteiger partial charge on any atom is -0.493 e. The fourth-order valence-electron chi connectivity index (χ4n) is 2.59. The predicted molar refractivity (Wildman–Crippen MR) is 113 cm³/mol. The molecule has 11 heteroatoms. The predicted octanol–water partition coefficient (Wildman–Crippen LogP) is 1.97. The van der Waals surface area contributed by atoms with Crippen molar-refractivity contribution >= 4 is 29.5 Å². The van der Waals surface area contributed by atoms with Crippen LogP contribution in [0.25, 0.3) is 6.08 Å². The number of nitrogens with one attached hydrogen (secondary N) is 2. The molecule has 0 radical (unpaired) electrons. The lowest BCUT2D eigenvalue weighted by Gasteiger charge is -2.14. The zero-order valence-corrected chi connectivity index (χ0v) is 17.4. The normalized spacial score (nSPS) is 11.8. The maximum atomic E-state index is 12.7. The number of amides is 2. The van der Waals surface area contributed by atoms with E-state index in [4.69, 9.17) is 14.6 Å². The van der Waals surface area contributed by atoms with Gasteiger partial charge in [0.2, 0.25) is 0 Å². The van der Waals surface area contributed by atoms with Gasteiger partial charge < -0.3 is 25.2 Å². The van der Waals surface area contributed by atoms with E-state index in [9.17, 15) is 24.5 Å². The smallest absolute Gasteiger partial charge is 0.325 e. The molecule has 1 unspecified atom stereocenters. The number of carbonyl (C=O) groups excluding carboxylic acids is 2. The molecule has 2 amide bonds. The van der Waals surface area contributed by atoms with Crippen LogP contribution in [-0.2, 0) is 9.59 Å². The molecular formula is C21H21N3O8. The summed E-state index contributed by atoms with van der Waals surface area (Å²) in [6.45, 7) is 1.23. The van der Waals surface area contributed by atoms with E-state index >= 15 is 0 Å². The second-order valence-electron chi connectivity index (χ2n) is 6.43. The summed E-state index contributed by atoms with van der Waals surface area (Å²) in [5, 5.41) is 25.2. The molecule has 2 rings (SSSR count). The van der Waals surface area contributed by atoms with Gasteiger partial charge in [-0.25, -0.2) is 0 Å². The van der Waals surface area contributed by atoms with Gasteiger partial charge in [0.05, 0.1) is 30.8 Å². The number of methoxy groups -OCH3 is 2. The lowest BCUT2D eigenvalue weighted by molar-refractivity contribution is -0.385. The van der Waals surface area contributed by atoms with E-state index in [-0.39, 0.29) is 22.6 Å². The first-order chi connectivity index (χ1) is 15.2. The highest BCUT2D eigenvalue weighted by atomic mass is 16.6. The van der Waals surface area contributed by atoms with Crippen molar-refractivity contribution in [1.29, 1.82) is 0 Å². The molecule has 1 atom stereocenters. The first-order valence-electron chi connectivity index (χ1n) is 9.20. The fourth-order valence-corrected chi connectivity index (χ4v) is 2.59. The lowest BCUT2D eigenvalue weighted by atomic mass is 10.1. The van der Waals surface area contributed by atoms with Gasteiger partial charge in [-0.3, -0.25) is 24.5 Å². The molecule has 0 aliphatic rings. The van der Waals surface area contributed by atoms with Crippen molar-refractivity contribution in [3.8, 4) is 11.5 Å². The van der Waals surface area contributed by atoms with Crippen molar-refractivity contribution in [3.63, 3.8) is 0 Å². The molecule has 32 heavy (non-hydrogen) atoms. The van der Waals surface area contributed by atoms with Crippen molar-refractivity contribution < 1.29 is 33.9 Å². The summed E-state index contributed by atoms with van der Waals surface area (Å²) >= 11 is 0. The van der Waals surface area contributed by atoms with Crippen LogP contribution in [0.3, 0.4) is 0 Å². The largest absolute Gasteiger partial charge is 0.493 e. The number of carboxylic acids is 1. The van der Waals surface area contributed by atoms with Crippen LogP contribution in [0.2, 0.25) is 0 Å². The van der Waals surface area contributed by atoms with Crippen molar-refractivity contribution in [2.45, 2.75) is 13.0 Å². The monoisotopic (exact) mass is 443 g/mol. The Balaban J connectivity index is 2.57. The third-order valence-corrected chi connectivity index (χ3v) is 4.28. The fraction of sp³-hybridized carbons (Fsp3) is 0.190. The maximum absolute atomic E-state index is 12.7. The van der Waals surface area contributed by atoms with Crippen LogP contribution < -0.4 is 20.1 Å². The number of rotatable bonds is 9. The molecular weight excluding hydrogens is 422 g/mol. The number of nitrogens with zero attached hydrogens (tertiary/aromatic N) is 1. The number of hydrogen-bond donors (Lipinski definition) is 3. The summed E-state index contributed by atoms with van der Waals surface area (Å²) in [5.41, 5.74) is -0.677. The van der Waals surface area contributed by atoms with Crippen molar-refractivity contribution in [3.05, 3.63) is 69.4 Å². The standard InChI is InChI=1S/C21H21N3O8/c1-12(21(27)28)22-20(26)15(23-19(25)13-7-5-4-6-8-13)9-14-10-17(31-2)18(32-3)11-16(14)24(29)30/h4-12H,1-3H3,(H,22,26)(H,23,25)(H,27,28). The number of carbonyl (C=O) groups is 3. The van der Waals surface area contributed by atoms with Gasteiger partial charge in [-0.15, -0.1) is 0 Å². The Morgan fingerprint density at radius 2 is 1.69 bits per heavy atom. The Bertz CT molecular complexity index is 1070. The summed E-state index contributed by atoms with van der Waals surface area (Å²) in [6, 6.07) is 9.03. The number of ether oxygens (including phenoxy) is 2. The number of benzene rings is 2. The van der Waals surface area contributed by atoms with Crippen LogP contribution in [0, 0.1) is 10.1 Å². The second-order valence-corrected chi connectivity index (χ2v) is 6.43. The first kappa shape index (κ1) is 23.9. The summed E-state index contributed by atoms with van der Waals surface area (Å²) < 4.78 is 10.2. The molecule has 0 bridgehead atoms. The van der Waals surface area contributed by atoms with Gasteiger partial charge in [-0.2, -0.15) is 0 Å². The van der Waals surface area contributed by atoms with Crippen molar-refractivity contribution in [2.75, 3.05) is 14.2 Å². The average Bonchev–Trinajstić information content (AvgIpc) is 2.78. The molecule has 0 heterocycles. The van der Waals surface area contributed by atoms with E-state index in [1.807, 2.05) is 0 Å². The maximum Gasteiger partial charge on any atom is 0.325 e. The van der Waals surface area contributed by atoms with Gasteiger partial charge in [-0.1, -0.05) is 18.2 Å². The Morgan fingerprint density at radius 3 is 2.22 bits per heavy atom. The van der Waals surface area contributed by atoms with E-state index in [0.29, 0.717) is 0 Å². The average molecular weight is 443 g/mol. The van der Waals surface area contributed by atoms with Crippen LogP contribution in [-0.4, -0.2) is 48.1 Å². The number of aliphatic carboxylic acids is 1. The van der Waals surface area contributed by atoms with E-state index in [0.717, 1.165) is 12.1 Å². The molecule has 168 valence electrons. The van der Waals surface area contributed by atoms with Crippen LogP contribution in [0.5, 0.6) is 11.5 Å². The van der Waals surface area contributed by atoms with E-state index in [2.05, 4.69) is 10.6 Å². The minimum absolute atomic E-state index is 0.0749. The summed E-state index contributed by atoms with van der Waals surface area (Å²) in [7, 11) is 2.64. The molecule has 0 saturated carbocycles. The molecule has 2 aromatic carbocycles. The van der Waals surface area contributed by atoms with Crippen LogP contribution in [0.15, 0.2) is 48.2 Å². The van der Waals surface area contributed by atoms with Crippen LogP contribution in [0.1, 0.15) is 22.8 Å². The number of nitro benzene ring substituents is 1. The van der Waals surface area contributed by atoms with Gasteiger partial charge in [0.1, 0.15) is 11.7 Å². The van der Waals surface area contributed by atoms with Crippen molar-refractivity contribution in [2.24, 2.45) is 0 Å². The van der Waals surface area contributed by atoms with Gasteiger partial charge >= 0.3 is 5.97 Å². The van der Waals surface area contributed by atoms with E-state index < -0.39 is 40.1 Å². The second kappa shape index (κ2) is 10.6. The summed E-state index contributed by atoms with van der Waals surface area (Å²) in [6.07, 6.45) is 1.06. The van der Waals surface area contributed by atoms with Crippen LogP contribution >= 0.6 is 0 Å². The number of nitro groups is 1. The van der Waals surface area contributed by atoms with Crippen LogP contribution in [0.4, 0.5) is 5.69 Å². The van der Waals surface area contributed by atoms with Gasteiger partial charge in [0, 0.05) is 5.56 Å². The van der Waals surface area contributed by atoms with E-state index in [1.54, 1.807) is 18.2 Å². The molecule has 0 aliphatic carbocycles.